The number of oxazole rings is 1. The SMILES string of the molecule is O=C(CCc1ncc(-c2ccc(F)cc2F)o1)NCC1(c2ccccc2)CCCC1. The van der Waals surface area contributed by atoms with Crippen LogP contribution in [0.2, 0.25) is 0 Å². The van der Waals surface area contributed by atoms with Crippen molar-refractivity contribution in [3.8, 4) is 11.3 Å². The normalized spacial score (nSPS) is 15.3. The van der Waals surface area contributed by atoms with Gasteiger partial charge in [0.1, 0.15) is 11.6 Å². The van der Waals surface area contributed by atoms with Crippen molar-refractivity contribution in [1.29, 1.82) is 0 Å². The molecule has 1 N–H and O–H groups in total. The van der Waals surface area contributed by atoms with Crippen LogP contribution in [0, 0.1) is 11.6 Å². The third-order valence-corrected chi connectivity index (χ3v) is 5.89. The lowest BCUT2D eigenvalue weighted by Gasteiger charge is -2.30. The maximum absolute atomic E-state index is 13.9. The Kier molecular flexibility index (Phi) is 5.93. The Bertz CT molecular complexity index is 1010. The van der Waals surface area contributed by atoms with E-state index in [2.05, 4.69) is 22.4 Å². The van der Waals surface area contributed by atoms with Gasteiger partial charge in [-0.05, 0) is 30.5 Å². The number of aryl methyl sites for hydroxylation is 1. The Hall–Kier alpha value is -3.02. The van der Waals surface area contributed by atoms with Gasteiger partial charge >= 0.3 is 0 Å². The standard InChI is InChI=1S/C24H24F2N2O2/c25-18-8-9-19(20(26)14-18)21-15-27-23(30-21)11-10-22(29)28-16-24(12-4-5-13-24)17-6-2-1-3-7-17/h1-3,6-9,14-15H,4-5,10-13,16H2,(H,28,29). The van der Waals surface area contributed by atoms with Crippen molar-refractivity contribution in [3.05, 3.63) is 77.8 Å². The molecule has 4 rings (SSSR count). The van der Waals surface area contributed by atoms with E-state index < -0.39 is 11.6 Å². The second-order valence-corrected chi connectivity index (χ2v) is 7.87. The van der Waals surface area contributed by atoms with Gasteiger partial charge in [-0.3, -0.25) is 4.79 Å². The van der Waals surface area contributed by atoms with E-state index in [1.54, 1.807) is 0 Å². The van der Waals surface area contributed by atoms with Crippen molar-refractivity contribution in [3.63, 3.8) is 0 Å². The molecule has 1 aliphatic rings. The molecule has 156 valence electrons. The molecule has 1 heterocycles. The van der Waals surface area contributed by atoms with Gasteiger partial charge in [-0.15, -0.1) is 0 Å². The first kappa shape index (κ1) is 20.3. The molecular formula is C24H24F2N2O2. The van der Waals surface area contributed by atoms with Crippen molar-refractivity contribution in [2.45, 2.75) is 43.9 Å². The van der Waals surface area contributed by atoms with Crippen molar-refractivity contribution in [2.24, 2.45) is 0 Å². The molecule has 1 aromatic heterocycles. The topological polar surface area (TPSA) is 55.1 Å². The number of nitrogens with one attached hydrogen (secondary N) is 1. The van der Waals surface area contributed by atoms with Gasteiger partial charge in [0.15, 0.2) is 11.7 Å². The molecule has 0 radical (unpaired) electrons. The first-order valence-corrected chi connectivity index (χ1v) is 10.3. The molecule has 2 aromatic carbocycles. The van der Waals surface area contributed by atoms with Gasteiger partial charge in [-0.1, -0.05) is 43.2 Å². The molecule has 1 fully saturated rings. The number of carbonyl (C=O) groups is 1. The largest absolute Gasteiger partial charge is 0.441 e. The van der Waals surface area contributed by atoms with Gasteiger partial charge in [-0.25, -0.2) is 13.8 Å². The van der Waals surface area contributed by atoms with E-state index in [1.807, 2.05) is 18.2 Å². The molecule has 3 aromatic rings. The average Bonchev–Trinajstić information content (AvgIpc) is 3.42. The average molecular weight is 410 g/mol. The lowest BCUT2D eigenvalue weighted by molar-refractivity contribution is -0.121. The van der Waals surface area contributed by atoms with Crippen LogP contribution in [-0.4, -0.2) is 17.4 Å². The lowest BCUT2D eigenvalue weighted by Crippen LogP contribution is -2.39. The van der Waals surface area contributed by atoms with Crippen molar-refractivity contribution in [1.82, 2.24) is 10.3 Å². The third kappa shape index (κ3) is 4.42. The van der Waals surface area contributed by atoms with E-state index in [0.717, 1.165) is 18.9 Å². The second-order valence-electron chi connectivity index (χ2n) is 7.87. The molecule has 6 heteroatoms. The van der Waals surface area contributed by atoms with E-state index in [4.69, 9.17) is 4.42 Å². The molecule has 1 amide bonds. The highest BCUT2D eigenvalue weighted by molar-refractivity contribution is 5.76. The van der Waals surface area contributed by atoms with Crippen LogP contribution in [0.15, 0.2) is 59.1 Å². The van der Waals surface area contributed by atoms with Crippen molar-refractivity contribution >= 4 is 5.91 Å². The molecular weight excluding hydrogens is 386 g/mol. The van der Waals surface area contributed by atoms with Crippen LogP contribution < -0.4 is 5.32 Å². The van der Waals surface area contributed by atoms with Crippen LogP contribution in [0.25, 0.3) is 11.3 Å². The van der Waals surface area contributed by atoms with E-state index in [0.29, 0.717) is 18.9 Å². The van der Waals surface area contributed by atoms with Crippen LogP contribution in [0.1, 0.15) is 43.6 Å². The summed E-state index contributed by atoms with van der Waals surface area (Å²) in [6.07, 6.45) is 6.43. The number of rotatable bonds is 7. The Labute approximate surface area is 174 Å². The van der Waals surface area contributed by atoms with Crippen LogP contribution in [0.3, 0.4) is 0 Å². The zero-order valence-corrected chi connectivity index (χ0v) is 16.7. The number of hydrogen-bond donors (Lipinski definition) is 1. The summed E-state index contributed by atoms with van der Waals surface area (Å²) in [5, 5.41) is 3.08. The highest BCUT2D eigenvalue weighted by Gasteiger charge is 2.35. The number of carbonyl (C=O) groups excluding carboxylic acids is 1. The monoisotopic (exact) mass is 410 g/mol. The predicted octanol–water partition coefficient (Wildman–Crippen LogP) is 5.18. The number of amides is 1. The molecule has 0 bridgehead atoms. The number of halogens is 2. The molecule has 0 aliphatic heterocycles. The lowest BCUT2D eigenvalue weighted by atomic mass is 9.79. The van der Waals surface area contributed by atoms with Crippen LogP contribution >= 0.6 is 0 Å². The summed E-state index contributed by atoms with van der Waals surface area (Å²) in [5.41, 5.74) is 1.43. The summed E-state index contributed by atoms with van der Waals surface area (Å²) in [6, 6.07) is 13.7. The maximum Gasteiger partial charge on any atom is 0.220 e. The molecule has 0 atom stereocenters. The third-order valence-electron chi connectivity index (χ3n) is 5.89. The van der Waals surface area contributed by atoms with Gasteiger partial charge in [0.2, 0.25) is 5.91 Å². The Morgan fingerprint density at radius 3 is 2.60 bits per heavy atom. The number of nitrogens with zero attached hydrogens (tertiary/aromatic N) is 1. The van der Waals surface area contributed by atoms with E-state index in [9.17, 15) is 13.6 Å². The van der Waals surface area contributed by atoms with Gasteiger partial charge in [0.25, 0.3) is 0 Å². The fourth-order valence-electron chi connectivity index (χ4n) is 4.23. The fraction of sp³-hybridized carbons (Fsp3) is 0.333. The maximum atomic E-state index is 13.9. The molecule has 0 spiro atoms. The molecule has 1 aliphatic carbocycles. The van der Waals surface area contributed by atoms with Gasteiger partial charge in [0, 0.05) is 30.9 Å². The first-order valence-electron chi connectivity index (χ1n) is 10.3. The Balaban J connectivity index is 1.34. The molecule has 30 heavy (non-hydrogen) atoms. The molecule has 4 nitrogen and oxygen atoms in total. The summed E-state index contributed by atoms with van der Waals surface area (Å²) in [7, 11) is 0. The fourth-order valence-corrected chi connectivity index (χ4v) is 4.23. The minimum atomic E-state index is -0.710. The zero-order valence-electron chi connectivity index (χ0n) is 16.7. The van der Waals surface area contributed by atoms with E-state index in [-0.39, 0.29) is 29.1 Å². The van der Waals surface area contributed by atoms with Gasteiger partial charge < -0.3 is 9.73 Å². The minimum absolute atomic E-state index is 0.00707. The zero-order chi connectivity index (χ0) is 21.0. The number of aromatic nitrogens is 1. The summed E-state index contributed by atoms with van der Waals surface area (Å²) in [4.78, 5) is 16.6. The van der Waals surface area contributed by atoms with E-state index >= 15 is 0 Å². The Morgan fingerprint density at radius 1 is 1.10 bits per heavy atom. The van der Waals surface area contributed by atoms with Crippen LogP contribution in [0.4, 0.5) is 8.78 Å². The number of benzene rings is 2. The summed E-state index contributed by atoms with van der Waals surface area (Å²) in [6.45, 7) is 0.619. The van der Waals surface area contributed by atoms with Crippen molar-refractivity contribution < 1.29 is 18.0 Å². The van der Waals surface area contributed by atoms with E-state index in [1.165, 1.54) is 36.7 Å². The number of hydrogen-bond acceptors (Lipinski definition) is 3. The second kappa shape index (κ2) is 8.78. The quantitative estimate of drug-likeness (QED) is 0.584. The molecule has 1 saturated carbocycles. The van der Waals surface area contributed by atoms with Crippen molar-refractivity contribution in [2.75, 3.05) is 6.54 Å². The van der Waals surface area contributed by atoms with Gasteiger partial charge in [-0.2, -0.15) is 0 Å². The molecule has 0 saturated heterocycles. The summed E-state index contributed by atoms with van der Waals surface area (Å²) < 4.78 is 32.5. The highest BCUT2D eigenvalue weighted by Crippen LogP contribution is 2.40. The first-order chi connectivity index (χ1) is 14.6. The van der Waals surface area contributed by atoms with Crippen LogP contribution in [-0.2, 0) is 16.6 Å². The highest BCUT2D eigenvalue weighted by atomic mass is 19.1. The van der Waals surface area contributed by atoms with Crippen LogP contribution in [0.5, 0.6) is 0 Å². The molecule has 0 unspecified atom stereocenters. The smallest absolute Gasteiger partial charge is 0.220 e. The summed E-state index contributed by atoms with van der Waals surface area (Å²) >= 11 is 0. The predicted molar refractivity (Wildman–Crippen MR) is 110 cm³/mol. The summed E-state index contributed by atoms with van der Waals surface area (Å²) in [5.74, 6) is -0.856. The minimum Gasteiger partial charge on any atom is -0.441 e. The van der Waals surface area contributed by atoms with Gasteiger partial charge in [0.05, 0.1) is 11.8 Å². The Morgan fingerprint density at radius 2 is 1.87 bits per heavy atom.